The van der Waals surface area contributed by atoms with E-state index in [0.717, 1.165) is 91.1 Å². The van der Waals surface area contributed by atoms with E-state index >= 15 is 0 Å². The Kier molecular flexibility index (Phi) is 15.5. The Morgan fingerprint density at radius 2 is 0.853 bits per heavy atom. The first kappa shape index (κ1) is 30.1. The van der Waals surface area contributed by atoms with E-state index in [4.69, 9.17) is 0 Å². The van der Waals surface area contributed by atoms with Crippen LogP contribution in [0.1, 0.15) is 87.9 Å². The first-order valence-corrected chi connectivity index (χ1v) is 13.6. The van der Waals surface area contributed by atoms with Crippen molar-refractivity contribution in [2.75, 3.05) is 65.4 Å². The summed E-state index contributed by atoms with van der Waals surface area (Å²) in [6.07, 6.45) is 4.12. The summed E-state index contributed by atoms with van der Waals surface area (Å²) in [5.41, 5.74) is 1.32. The van der Waals surface area contributed by atoms with E-state index in [9.17, 15) is 9.59 Å². The molecule has 0 aliphatic carbocycles. The van der Waals surface area contributed by atoms with Gasteiger partial charge in [0.15, 0.2) is 0 Å². The van der Waals surface area contributed by atoms with E-state index in [0.29, 0.717) is 11.1 Å². The van der Waals surface area contributed by atoms with Crippen molar-refractivity contribution < 1.29 is 9.59 Å². The third kappa shape index (κ3) is 10.1. The Morgan fingerprint density at radius 1 is 0.529 bits per heavy atom. The average molecular weight is 475 g/mol. The second-order valence-electron chi connectivity index (χ2n) is 8.92. The quantitative estimate of drug-likeness (QED) is 0.305. The minimum absolute atomic E-state index is 0.0592. The molecule has 6 heteroatoms. The van der Waals surface area contributed by atoms with Crippen molar-refractivity contribution in [3.63, 3.8) is 0 Å². The van der Waals surface area contributed by atoms with Gasteiger partial charge in [-0.25, -0.2) is 0 Å². The highest BCUT2D eigenvalue weighted by Gasteiger charge is 2.19. The van der Waals surface area contributed by atoms with Gasteiger partial charge in [-0.3, -0.25) is 9.59 Å². The second-order valence-corrected chi connectivity index (χ2v) is 8.92. The zero-order valence-corrected chi connectivity index (χ0v) is 22.8. The van der Waals surface area contributed by atoms with Gasteiger partial charge >= 0.3 is 0 Å². The first-order valence-electron chi connectivity index (χ1n) is 13.6. The lowest BCUT2D eigenvalue weighted by atomic mass is 10.1. The molecule has 194 valence electrons. The number of nitrogens with zero attached hydrogens (tertiary/aromatic N) is 4. The summed E-state index contributed by atoms with van der Waals surface area (Å²) in [6.45, 7) is 21.7. The molecule has 0 heterocycles. The number of likely N-dealkylation sites (N-methyl/N-ethyl adjacent to an activating group) is 2. The van der Waals surface area contributed by atoms with E-state index < -0.39 is 0 Å². The molecule has 0 radical (unpaired) electrons. The van der Waals surface area contributed by atoms with Gasteiger partial charge in [0, 0.05) is 50.4 Å². The van der Waals surface area contributed by atoms with Crippen LogP contribution >= 0.6 is 0 Å². The third-order valence-electron chi connectivity index (χ3n) is 6.68. The summed E-state index contributed by atoms with van der Waals surface area (Å²) < 4.78 is 0. The van der Waals surface area contributed by atoms with Crippen LogP contribution in [-0.4, -0.2) is 96.9 Å². The Bertz CT molecular complexity index is 625. The van der Waals surface area contributed by atoms with Gasteiger partial charge in [0.05, 0.1) is 0 Å². The van der Waals surface area contributed by atoms with Gasteiger partial charge in [-0.05, 0) is 63.3 Å². The van der Waals surface area contributed by atoms with Gasteiger partial charge in [-0.15, -0.1) is 0 Å². The molecule has 6 nitrogen and oxygen atoms in total. The summed E-state index contributed by atoms with van der Waals surface area (Å²) in [5.74, 6) is 0.118. The zero-order chi connectivity index (χ0) is 25.3. The molecule has 1 aromatic carbocycles. The SMILES string of the molecule is CCCCN(CCN(CC)CC)C(=O)c1ccc(C(=O)N(CCCC)CCN(CC)CC)cc1. The van der Waals surface area contributed by atoms with Crippen molar-refractivity contribution >= 4 is 11.8 Å². The predicted octanol–water partition coefficient (Wildman–Crippen LogP) is 4.85. The second kappa shape index (κ2) is 17.5. The number of unbranched alkanes of at least 4 members (excludes halogenated alkanes) is 2. The van der Waals surface area contributed by atoms with Crippen LogP contribution < -0.4 is 0 Å². The number of hydrogen-bond donors (Lipinski definition) is 0. The van der Waals surface area contributed by atoms with Crippen LogP contribution in [0.5, 0.6) is 0 Å². The number of hydrogen-bond acceptors (Lipinski definition) is 4. The number of amides is 2. The highest BCUT2D eigenvalue weighted by atomic mass is 16.2. The molecule has 2 amide bonds. The van der Waals surface area contributed by atoms with Crippen molar-refractivity contribution in [3.05, 3.63) is 35.4 Å². The molecule has 0 aliphatic heterocycles. The van der Waals surface area contributed by atoms with E-state index in [1.807, 2.05) is 34.1 Å². The van der Waals surface area contributed by atoms with Crippen LogP contribution in [-0.2, 0) is 0 Å². The van der Waals surface area contributed by atoms with Gasteiger partial charge in [-0.1, -0.05) is 54.4 Å². The summed E-state index contributed by atoms with van der Waals surface area (Å²) in [6, 6.07) is 7.31. The summed E-state index contributed by atoms with van der Waals surface area (Å²) in [7, 11) is 0. The van der Waals surface area contributed by atoms with Crippen LogP contribution in [0.3, 0.4) is 0 Å². The number of benzene rings is 1. The lowest BCUT2D eigenvalue weighted by molar-refractivity contribution is 0.0723. The Balaban J connectivity index is 2.91. The molecule has 0 saturated heterocycles. The summed E-state index contributed by atoms with van der Waals surface area (Å²) in [4.78, 5) is 35.1. The van der Waals surface area contributed by atoms with E-state index in [-0.39, 0.29) is 11.8 Å². The standard InChI is InChI=1S/C28H50N4O2/c1-7-13-19-31(23-21-29(9-3)10-4)27(33)25-15-17-26(18-16-25)28(34)32(20-14-8-2)24-22-30(11-5)12-6/h15-18H,7-14,19-24H2,1-6H3. The molecule has 0 unspecified atom stereocenters. The lowest BCUT2D eigenvalue weighted by Crippen LogP contribution is -2.39. The molecular formula is C28H50N4O2. The van der Waals surface area contributed by atoms with Crippen LogP contribution in [0, 0.1) is 0 Å². The highest BCUT2D eigenvalue weighted by molar-refractivity contribution is 5.97. The highest BCUT2D eigenvalue weighted by Crippen LogP contribution is 2.12. The van der Waals surface area contributed by atoms with E-state index in [1.54, 1.807) is 0 Å². The maximum absolute atomic E-state index is 13.2. The number of carbonyl (C=O) groups is 2. The molecule has 0 bridgehead atoms. The van der Waals surface area contributed by atoms with Crippen LogP contribution in [0.2, 0.25) is 0 Å². The molecule has 0 aliphatic rings. The normalized spacial score (nSPS) is 11.3. The molecule has 34 heavy (non-hydrogen) atoms. The fourth-order valence-corrected chi connectivity index (χ4v) is 4.05. The maximum Gasteiger partial charge on any atom is 0.253 e. The Labute approximate surface area is 209 Å². The van der Waals surface area contributed by atoms with Gasteiger partial charge in [-0.2, -0.15) is 0 Å². The van der Waals surface area contributed by atoms with Crippen LogP contribution in [0.25, 0.3) is 0 Å². The fraction of sp³-hybridized carbons (Fsp3) is 0.714. The largest absolute Gasteiger partial charge is 0.337 e. The zero-order valence-electron chi connectivity index (χ0n) is 22.8. The van der Waals surface area contributed by atoms with Crippen molar-refractivity contribution in [1.82, 2.24) is 19.6 Å². The first-order chi connectivity index (χ1) is 16.4. The summed E-state index contributed by atoms with van der Waals surface area (Å²) in [5, 5.41) is 0. The summed E-state index contributed by atoms with van der Waals surface area (Å²) >= 11 is 0. The maximum atomic E-state index is 13.2. The van der Waals surface area contributed by atoms with Gasteiger partial charge < -0.3 is 19.6 Å². The molecule has 0 atom stereocenters. The van der Waals surface area contributed by atoms with Gasteiger partial charge in [0.1, 0.15) is 0 Å². The third-order valence-corrected chi connectivity index (χ3v) is 6.68. The molecule has 0 fully saturated rings. The molecular weight excluding hydrogens is 424 g/mol. The molecule has 1 rings (SSSR count). The predicted molar refractivity (Wildman–Crippen MR) is 144 cm³/mol. The molecule has 0 N–H and O–H groups in total. The van der Waals surface area contributed by atoms with Crippen molar-refractivity contribution in [3.8, 4) is 0 Å². The van der Waals surface area contributed by atoms with E-state index in [1.165, 1.54) is 0 Å². The topological polar surface area (TPSA) is 47.1 Å². The van der Waals surface area contributed by atoms with Crippen molar-refractivity contribution in [2.45, 2.75) is 67.2 Å². The van der Waals surface area contributed by atoms with E-state index in [2.05, 4.69) is 51.3 Å². The van der Waals surface area contributed by atoms with Crippen LogP contribution in [0.4, 0.5) is 0 Å². The van der Waals surface area contributed by atoms with Crippen molar-refractivity contribution in [2.24, 2.45) is 0 Å². The monoisotopic (exact) mass is 474 g/mol. The smallest absolute Gasteiger partial charge is 0.253 e. The Morgan fingerprint density at radius 3 is 1.12 bits per heavy atom. The van der Waals surface area contributed by atoms with Gasteiger partial charge in [0.25, 0.3) is 11.8 Å². The van der Waals surface area contributed by atoms with Crippen molar-refractivity contribution in [1.29, 1.82) is 0 Å². The Hall–Kier alpha value is -1.92. The lowest BCUT2D eigenvalue weighted by Gasteiger charge is -2.27. The minimum Gasteiger partial charge on any atom is -0.337 e. The average Bonchev–Trinajstić information content (AvgIpc) is 2.88. The molecule has 0 spiro atoms. The number of rotatable bonds is 18. The fourth-order valence-electron chi connectivity index (χ4n) is 4.05. The van der Waals surface area contributed by atoms with Gasteiger partial charge in [0.2, 0.25) is 0 Å². The molecule has 0 saturated carbocycles. The van der Waals surface area contributed by atoms with Crippen LogP contribution in [0.15, 0.2) is 24.3 Å². The number of carbonyl (C=O) groups excluding carboxylic acids is 2. The minimum atomic E-state index is 0.0592. The molecule has 0 aromatic heterocycles. The molecule has 1 aromatic rings.